The van der Waals surface area contributed by atoms with E-state index in [-0.39, 0.29) is 6.42 Å². The van der Waals surface area contributed by atoms with Crippen molar-refractivity contribution >= 4 is 17.5 Å². The zero-order valence-corrected chi connectivity index (χ0v) is 11.8. The van der Waals surface area contributed by atoms with Crippen LogP contribution in [0.1, 0.15) is 5.56 Å². The number of hydrogen-bond acceptors (Lipinski definition) is 3. The molecule has 22 heavy (non-hydrogen) atoms. The number of carbonyl (C=O) groups is 1. The summed E-state index contributed by atoms with van der Waals surface area (Å²) < 4.78 is 1.79. The minimum absolute atomic E-state index is 0.0307. The number of benzene rings is 2. The van der Waals surface area contributed by atoms with Gasteiger partial charge < -0.3 is 10.4 Å². The van der Waals surface area contributed by atoms with E-state index in [2.05, 4.69) is 10.4 Å². The van der Waals surface area contributed by atoms with Crippen molar-refractivity contribution in [3.63, 3.8) is 0 Å². The molecule has 2 aromatic carbocycles. The van der Waals surface area contributed by atoms with Crippen molar-refractivity contribution in [1.82, 2.24) is 9.78 Å². The van der Waals surface area contributed by atoms with Crippen LogP contribution in [0.4, 0.5) is 11.5 Å². The van der Waals surface area contributed by atoms with E-state index >= 15 is 0 Å². The van der Waals surface area contributed by atoms with E-state index in [1.807, 2.05) is 54.7 Å². The number of anilines is 2. The average Bonchev–Trinajstić information content (AvgIpc) is 2.98. The first-order valence-corrected chi connectivity index (χ1v) is 6.89. The molecule has 1 heterocycles. The summed E-state index contributed by atoms with van der Waals surface area (Å²) in [5, 5.41) is 16.4. The van der Waals surface area contributed by atoms with E-state index < -0.39 is 5.97 Å². The fourth-order valence-corrected chi connectivity index (χ4v) is 2.14. The van der Waals surface area contributed by atoms with E-state index in [1.54, 1.807) is 16.8 Å². The molecule has 1 aromatic heterocycles. The standard InChI is InChI=1S/C17H15N3O2/c21-17(22)12-13-6-8-14(9-7-13)18-16-10-11-20(19-16)15-4-2-1-3-5-15/h1-11H,12H2,(H,18,19)(H,21,22). The van der Waals surface area contributed by atoms with Crippen LogP contribution in [0.2, 0.25) is 0 Å². The highest BCUT2D eigenvalue weighted by Crippen LogP contribution is 2.17. The Morgan fingerprint density at radius 3 is 2.45 bits per heavy atom. The highest BCUT2D eigenvalue weighted by Gasteiger charge is 2.03. The summed E-state index contributed by atoms with van der Waals surface area (Å²) in [6, 6.07) is 19.0. The first-order valence-electron chi connectivity index (χ1n) is 6.89. The first-order chi connectivity index (χ1) is 10.7. The van der Waals surface area contributed by atoms with Gasteiger partial charge in [-0.1, -0.05) is 30.3 Å². The molecule has 0 amide bonds. The molecule has 0 radical (unpaired) electrons. The molecule has 0 atom stereocenters. The van der Waals surface area contributed by atoms with Crippen molar-refractivity contribution in [2.24, 2.45) is 0 Å². The Labute approximate surface area is 127 Å². The largest absolute Gasteiger partial charge is 0.481 e. The van der Waals surface area contributed by atoms with E-state index in [0.717, 1.165) is 22.8 Å². The molecular weight excluding hydrogens is 278 g/mol. The number of carboxylic acid groups (broad SMARTS) is 1. The molecule has 3 rings (SSSR count). The van der Waals surface area contributed by atoms with Crippen LogP contribution >= 0.6 is 0 Å². The molecular formula is C17H15N3O2. The van der Waals surface area contributed by atoms with Gasteiger partial charge in [0, 0.05) is 18.0 Å². The van der Waals surface area contributed by atoms with E-state index in [4.69, 9.17) is 5.11 Å². The van der Waals surface area contributed by atoms with Gasteiger partial charge in [-0.2, -0.15) is 5.10 Å². The molecule has 0 fully saturated rings. The van der Waals surface area contributed by atoms with Gasteiger partial charge in [0.1, 0.15) is 0 Å². The number of para-hydroxylation sites is 1. The number of nitrogens with one attached hydrogen (secondary N) is 1. The molecule has 0 aliphatic rings. The summed E-state index contributed by atoms with van der Waals surface area (Å²) in [6.07, 6.45) is 1.92. The zero-order chi connectivity index (χ0) is 15.4. The van der Waals surface area contributed by atoms with Crippen LogP contribution in [0.25, 0.3) is 5.69 Å². The van der Waals surface area contributed by atoms with Gasteiger partial charge in [-0.05, 0) is 29.8 Å². The van der Waals surface area contributed by atoms with Crippen molar-refractivity contribution in [3.05, 3.63) is 72.4 Å². The van der Waals surface area contributed by atoms with Crippen LogP contribution in [0, 0.1) is 0 Å². The lowest BCUT2D eigenvalue weighted by molar-refractivity contribution is -0.136. The van der Waals surface area contributed by atoms with Gasteiger partial charge in [0.05, 0.1) is 12.1 Å². The summed E-state index contributed by atoms with van der Waals surface area (Å²) in [4.78, 5) is 10.7. The number of nitrogens with zero attached hydrogens (tertiary/aromatic N) is 2. The Bertz CT molecular complexity index is 764. The maximum Gasteiger partial charge on any atom is 0.307 e. The lowest BCUT2D eigenvalue weighted by Gasteiger charge is -2.04. The molecule has 0 aliphatic heterocycles. The summed E-state index contributed by atoms with van der Waals surface area (Å²) in [7, 11) is 0. The van der Waals surface area contributed by atoms with E-state index in [0.29, 0.717) is 0 Å². The van der Waals surface area contributed by atoms with E-state index in [1.165, 1.54) is 0 Å². The normalized spacial score (nSPS) is 10.4. The summed E-state index contributed by atoms with van der Waals surface area (Å²) in [5.41, 5.74) is 2.63. The second-order valence-electron chi connectivity index (χ2n) is 4.87. The van der Waals surface area contributed by atoms with Gasteiger partial charge in [-0.25, -0.2) is 4.68 Å². The quantitative estimate of drug-likeness (QED) is 0.758. The summed E-state index contributed by atoms with van der Waals surface area (Å²) in [6.45, 7) is 0. The van der Waals surface area contributed by atoms with Crippen LogP contribution < -0.4 is 5.32 Å². The molecule has 5 nitrogen and oxygen atoms in total. The van der Waals surface area contributed by atoms with Gasteiger partial charge in [-0.3, -0.25) is 4.79 Å². The highest BCUT2D eigenvalue weighted by atomic mass is 16.4. The maximum atomic E-state index is 10.7. The van der Waals surface area contributed by atoms with Gasteiger partial charge in [0.25, 0.3) is 0 Å². The SMILES string of the molecule is O=C(O)Cc1ccc(Nc2ccn(-c3ccccc3)n2)cc1. The minimum Gasteiger partial charge on any atom is -0.481 e. The maximum absolute atomic E-state index is 10.7. The number of aliphatic carboxylic acids is 1. The Morgan fingerprint density at radius 1 is 1.05 bits per heavy atom. The van der Waals surface area contributed by atoms with Crippen molar-refractivity contribution in [1.29, 1.82) is 0 Å². The fourth-order valence-electron chi connectivity index (χ4n) is 2.14. The highest BCUT2D eigenvalue weighted by molar-refractivity contribution is 5.70. The smallest absolute Gasteiger partial charge is 0.307 e. The molecule has 5 heteroatoms. The van der Waals surface area contributed by atoms with Crippen LogP contribution in [-0.4, -0.2) is 20.9 Å². The van der Waals surface area contributed by atoms with Crippen LogP contribution in [0.15, 0.2) is 66.9 Å². The predicted molar refractivity (Wildman–Crippen MR) is 84.6 cm³/mol. The predicted octanol–water partition coefficient (Wildman–Crippen LogP) is 3.24. The zero-order valence-electron chi connectivity index (χ0n) is 11.8. The van der Waals surface area contributed by atoms with Crippen molar-refractivity contribution in [2.45, 2.75) is 6.42 Å². The Hall–Kier alpha value is -3.08. The van der Waals surface area contributed by atoms with Crippen LogP contribution in [0.5, 0.6) is 0 Å². The third kappa shape index (κ3) is 3.32. The van der Waals surface area contributed by atoms with Crippen molar-refractivity contribution in [3.8, 4) is 5.69 Å². The molecule has 0 unspecified atom stereocenters. The molecule has 2 N–H and O–H groups in total. The topological polar surface area (TPSA) is 67.2 Å². The first kappa shape index (κ1) is 13.9. The molecule has 0 spiro atoms. The van der Waals surface area contributed by atoms with Crippen molar-refractivity contribution in [2.75, 3.05) is 5.32 Å². The lowest BCUT2D eigenvalue weighted by Crippen LogP contribution is -2.00. The van der Waals surface area contributed by atoms with Crippen LogP contribution in [0.3, 0.4) is 0 Å². The van der Waals surface area contributed by atoms with Crippen LogP contribution in [-0.2, 0) is 11.2 Å². The number of carboxylic acids is 1. The minimum atomic E-state index is -0.831. The number of rotatable bonds is 5. The molecule has 110 valence electrons. The number of aromatic nitrogens is 2. The lowest BCUT2D eigenvalue weighted by atomic mass is 10.1. The number of hydrogen-bond donors (Lipinski definition) is 2. The summed E-state index contributed by atoms with van der Waals surface area (Å²) in [5.74, 6) is -0.0999. The summed E-state index contributed by atoms with van der Waals surface area (Å²) >= 11 is 0. The Morgan fingerprint density at radius 2 is 1.77 bits per heavy atom. The van der Waals surface area contributed by atoms with Gasteiger partial charge in [0.15, 0.2) is 5.82 Å². The molecule has 0 saturated heterocycles. The fraction of sp³-hybridized carbons (Fsp3) is 0.0588. The Balaban J connectivity index is 1.71. The van der Waals surface area contributed by atoms with Crippen molar-refractivity contribution < 1.29 is 9.90 Å². The monoisotopic (exact) mass is 293 g/mol. The average molecular weight is 293 g/mol. The molecule has 0 aliphatic carbocycles. The molecule has 0 bridgehead atoms. The third-order valence-corrected chi connectivity index (χ3v) is 3.19. The third-order valence-electron chi connectivity index (χ3n) is 3.19. The Kier molecular flexibility index (Phi) is 3.87. The molecule has 0 saturated carbocycles. The second-order valence-corrected chi connectivity index (χ2v) is 4.87. The van der Waals surface area contributed by atoms with Gasteiger partial charge in [-0.15, -0.1) is 0 Å². The second kappa shape index (κ2) is 6.13. The van der Waals surface area contributed by atoms with Gasteiger partial charge in [0.2, 0.25) is 0 Å². The van der Waals surface area contributed by atoms with Gasteiger partial charge >= 0.3 is 5.97 Å². The molecule has 3 aromatic rings. The van der Waals surface area contributed by atoms with E-state index in [9.17, 15) is 4.79 Å².